The predicted molar refractivity (Wildman–Crippen MR) is 81.6 cm³/mol. The van der Waals surface area contributed by atoms with Crippen molar-refractivity contribution >= 4 is 16.7 Å². The summed E-state index contributed by atoms with van der Waals surface area (Å²) < 4.78 is 5.90. The topological polar surface area (TPSA) is 56.3 Å². The summed E-state index contributed by atoms with van der Waals surface area (Å²) in [7, 11) is 0. The summed E-state index contributed by atoms with van der Waals surface area (Å²) in [4.78, 5) is 10.7. The molecule has 0 saturated heterocycles. The van der Waals surface area contributed by atoms with Crippen molar-refractivity contribution in [3.63, 3.8) is 0 Å². The Morgan fingerprint density at radius 2 is 1.86 bits per heavy atom. The molecule has 0 N–H and O–H groups in total. The summed E-state index contributed by atoms with van der Waals surface area (Å²) in [5, 5.41) is 11.9. The van der Waals surface area contributed by atoms with Gasteiger partial charge in [0.15, 0.2) is 0 Å². The molecule has 0 aliphatic rings. The summed E-state index contributed by atoms with van der Waals surface area (Å²) in [6.07, 6.45) is 0.689. The third-order valence-corrected chi connectivity index (χ3v) is 3.76. The van der Waals surface area contributed by atoms with Crippen LogP contribution < -0.4 is 0 Å². The number of nitrogens with zero attached hydrogens (tertiary/aromatic N) is 1. The molecule has 0 atom stereocenters. The van der Waals surface area contributed by atoms with Crippen LogP contribution in [0.2, 0.25) is 0 Å². The van der Waals surface area contributed by atoms with Gasteiger partial charge in [0.25, 0.3) is 5.69 Å². The summed E-state index contributed by atoms with van der Waals surface area (Å²) in [6, 6.07) is 13.4. The zero-order chi connectivity index (χ0) is 15.0. The minimum atomic E-state index is -0.349. The van der Waals surface area contributed by atoms with E-state index in [2.05, 4.69) is 0 Å². The van der Waals surface area contributed by atoms with Gasteiger partial charge in [0.05, 0.1) is 4.92 Å². The van der Waals surface area contributed by atoms with Crippen LogP contribution in [0.4, 0.5) is 5.69 Å². The van der Waals surface area contributed by atoms with Gasteiger partial charge in [-0.15, -0.1) is 0 Å². The average molecular weight is 281 g/mol. The minimum Gasteiger partial charge on any atom is -0.460 e. The van der Waals surface area contributed by atoms with Crippen LogP contribution >= 0.6 is 0 Å². The van der Waals surface area contributed by atoms with Crippen molar-refractivity contribution in [2.45, 2.75) is 20.3 Å². The maximum Gasteiger partial charge on any atom is 0.273 e. The zero-order valence-electron chi connectivity index (χ0n) is 11.9. The van der Waals surface area contributed by atoms with Gasteiger partial charge in [-0.3, -0.25) is 10.1 Å². The number of hydrogen-bond donors (Lipinski definition) is 0. The summed E-state index contributed by atoms with van der Waals surface area (Å²) in [5.74, 6) is 0.857. The highest BCUT2D eigenvalue weighted by Crippen LogP contribution is 2.32. The first-order chi connectivity index (χ1) is 10.1. The van der Waals surface area contributed by atoms with E-state index in [1.54, 1.807) is 19.1 Å². The Balaban J connectivity index is 2.09. The van der Waals surface area contributed by atoms with E-state index in [0.29, 0.717) is 17.6 Å². The molecule has 0 spiro atoms. The molecule has 2 aromatic carbocycles. The highest BCUT2D eigenvalue weighted by atomic mass is 16.6. The average Bonchev–Trinajstić information content (AvgIpc) is 2.75. The zero-order valence-corrected chi connectivity index (χ0v) is 11.9. The molecular formula is C17H15NO3. The van der Waals surface area contributed by atoms with Gasteiger partial charge in [0.1, 0.15) is 11.3 Å². The van der Waals surface area contributed by atoms with Gasteiger partial charge < -0.3 is 4.42 Å². The third kappa shape index (κ3) is 2.40. The second-order valence-electron chi connectivity index (χ2n) is 5.20. The quantitative estimate of drug-likeness (QED) is 0.522. The van der Waals surface area contributed by atoms with E-state index in [9.17, 15) is 10.1 Å². The Morgan fingerprint density at radius 1 is 1.14 bits per heavy atom. The number of rotatable bonds is 3. The van der Waals surface area contributed by atoms with Gasteiger partial charge >= 0.3 is 0 Å². The standard InChI is InChI=1S/C17H15NO3/c1-11-8-17-14(10-15(11)18(19)20)12(2)16(21-17)9-13-6-4-3-5-7-13/h3-8,10H,9H2,1-2H3. The number of fused-ring (bicyclic) bond motifs is 1. The first-order valence-corrected chi connectivity index (χ1v) is 6.77. The summed E-state index contributed by atoms with van der Waals surface area (Å²) in [5.41, 5.74) is 3.59. The molecule has 0 bridgehead atoms. The van der Waals surface area contributed by atoms with Crippen LogP contribution in [0.3, 0.4) is 0 Å². The molecular weight excluding hydrogens is 266 g/mol. The lowest BCUT2D eigenvalue weighted by Gasteiger charge is -1.98. The second kappa shape index (κ2) is 5.05. The number of nitro benzene ring substituents is 1. The van der Waals surface area contributed by atoms with Gasteiger partial charge in [0, 0.05) is 23.4 Å². The van der Waals surface area contributed by atoms with Crippen molar-refractivity contribution in [2.24, 2.45) is 0 Å². The normalized spacial score (nSPS) is 11.0. The Hall–Kier alpha value is -2.62. The molecule has 0 radical (unpaired) electrons. The molecule has 0 aliphatic carbocycles. The van der Waals surface area contributed by atoms with Crippen LogP contribution in [0.5, 0.6) is 0 Å². The molecule has 1 aromatic heterocycles. The van der Waals surface area contributed by atoms with Gasteiger partial charge in [-0.2, -0.15) is 0 Å². The molecule has 0 amide bonds. The fraction of sp³-hybridized carbons (Fsp3) is 0.176. The van der Waals surface area contributed by atoms with E-state index in [0.717, 1.165) is 22.3 Å². The van der Waals surface area contributed by atoms with Crippen LogP contribution in [0, 0.1) is 24.0 Å². The molecule has 3 rings (SSSR count). The SMILES string of the molecule is Cc1cc2oc(Cc3ccccc3)c(C)c2cc1[N+](=O)[O-]. The number of aryl methyl sites for hydroxylation is 2. The minimum absolute atomic E-state index is 0.137. The number of furan rings is 1. The molecule has 1 heterocycles. The second-order valence-corrected chi connectivity index (χ2v) is 5.20. The van der Waals surface area contributed by atoms with Crippen molar-refractivity contribution in [2.75, 3.05) is 0 Å². The van der Waals surface area contributed by atoms with Crippen LogP contribution in [0.25, 0.3) is 11.0 Å². The smallest absolute Gasteiger partial charge is 0.273 e. The van der Waals surface area contributed by atoms with E-state index in [-0.39, 0.29) is 10.6 Å². The van der Waals surface area contributed by atoms with Crippen molar-refractivity contribution in [3.8, 4) is 0 Å². The Labute approximate surface area is 122 Å². The van der Waals surface area contributed by atoms with Crippen molar-refractivity contribution in [3.05, 3.63) is 75.0 Å². The maximum absolute atomic E-state index is 11.0. The van der Waals surface area contributed by atoms with Crippen LogP contribution in [0.15, 0.2) is 46.9 Å². The fourth-order valence-electron chi connectivity index (χ4n) is 2.55. The van der Waals surface area contributed by atoms with E-state index in [1.807, 2.05) is 37.3 Å². The first kappa shape index (κ1) is 13.4. The van der Waals surface area contributed by atoms with Gasteiger partial charge in [-0.25, -0.2) is 0 Å². The number of hydrogen-bond acceptors (Lipinski definition) is 3. The molecule has 0 fully saturated rings. The molecule has 0 aliphatic heterocycles. The Bertz CT molecular complexity index is 819. The Kier molecular flexibility index (Phi) is 3.22. The summed E-state index contributed by atoms with van der Waals surface area (Å²) in [6.45, 7) is 3.68. The molecule has 21 heavy (non-hydrogen) atoms. The van der Waals surface area contributed by atoms with Crippen LogP contribution in [-0.2, 0) is 6.42 Å². The van der Waals surface area contributed by atoms with Crippen molar-refractivity contribution in [1.82, 2.24) is 0 Å². The predicted octanol–water partition coefficient (Wildman–Crippen LogP) is 4.55. The van der Waals surface area contributed by atoms with Crippen molar-refractivity contribution in [1.29, 1.82) is 0 Å². The van der Waals surface area contributed by atoms with Gasteiger partial charge in [-0.1, -0.05) is 30.3 Å². The van der Waals surface area contributed by atoms with E-state index < -0.39 is 0 Å². The third-order valence-electron chi connectivity index (χ3n) is 3.76. The highest BCUT2D eigenvalue weighted by molar-refractivity contribution is 5.85. The highest BCUT2D eigenvalue weighted by Gasteiger charge is 2.17. The molecule has 3 aromatic rings. The van der Waals surface area contributed by atoms with Gasteiger partial charge in [0.2, 0.25) is 0 Å². The first-order valence-electron chi connectivity index (χ1n) is 6.77. The van der Waals surface area contributed by atoms with Crippen LogP contribution in [0.1, 0.15) is 22.5 Å². The lowest BCUT2D eigenvalue weighted by molar-refractivity contribution is -0.385. The van der Waals surface area contributed by atoms with E-state index in [4.69, 9.17) is 4.42 Å². The number of benzene rings is 2. The van der Waals surface area contributed by atoms with Crippen LogP contribution in [-0.4, -0.2) is 4.92 Å². The molecule has 0 unspecified atom stereocenters. The monoisotopic (exact) mass is 281 g/mol. The maximum atomic E-state index is 11.0. The summed E-state index contributed by atoms with van der Waals surface area (Å²) >= 11 is 0. The van der Waals surface area contributed by atoms with Crippen molar-refractivity contribution < 1.29 is 9.34 Å². The largest absolute Gasteiger partial charge is 0.460 e. The number of nitro groups is 1. The lowest BCUT2D eigenvalue weighted by atomic mass is 10.0. The molecule has 4 nitrogen and oxygen atoms in total. The molecule has 0 saturated carbocycles. The Morgan fingerprint density at radius 3 is 2.52 bits per heavy atom. The van der Waals surface area contributed by atoms with Gasteiger partial charge in [-0.05, 0) is 31.0 Å². The molecule has 4 heteroatoms. The molecule has 106 valence electrons. The van der Waals surface area contributed by atoms with E-state index in [1.165, 1.54) is 0 Å². The fourth-order valence-corrected chi connectivity index (χ4v) is 2.55. The van der Waals surface area contributed by atoms with E-state index >= 15 is 0 Å². The lowest BCUT2D eigenvalue weighted by Crippen LogP contribution is -1.91.